The Kier molecular flexibility index (Phi) is 5.66. The molecule has 0 unspecified atom stereocenters. The Hall–Kier alpha value is -2.40. The summed E-state index contributed by atoms with van der Waals surface area (Å²) in [5.74, 6) is 0.659. The lowest BCUT2D eigenvalue weighted by Gasteiger charge is -2.10. The number of amides is 1. The number of carbonyl (C=O) groups is 1. The summed E-state index contributed by atoms with van der Waals surface area (Å²) in [7, 11) is 0. The normalized spacial score (nSPS) is 10.6. The molecule has 5 heteroatoms. The minimum absolute atomic E-state index is 0.0506. The molecule has 0 saturated heterocycles. The Bertz CT molecular complexity index is 838. The van der Waals surface area contributed by atoms with E-state index in [9.17, 15) is 4.79 Å². The monoisotopic (exact) mass is 397 g/mol. The Morgan fingerprint density at radius 1 is 1.00 bits per heavy atom. The molecule has 0 spiro atoms. The van der Waals surface area contributed by atoms with Crippen molar-refractivity contribution in [1.29, 1.82) is 0 Å². The highest BCUT2D eigenvalue weighted by Crippen LogP contribution is 2.14. The first-order valence-corrected chi connectivity index (χ1v) is 9.07. The van der Waals surface area contributed by atoms with Crippen LogP contribution in [0.25, 0.3) is 0 Å². The van der Waals surface area contributed by atoms with Gasteiger partial charge in [-0.2, -0.15) is 5.10 Å². The highest BCUT2D eigenvalue weighted by Gasteiger charge is 2.09. The van der Waals surface area contributed by atoms with Crippen LogP contribution in [0.15, 0.2) is 65.3 Å². The number of hydrogen-bond donors (Lipinski definition) is 1. The van der Waals surface area contributed by atoms with Crippen LogP contribution in [0.5, 0.6) is 0 Å². The van der Waals surface area contributed by atoms with Crippen LogP contribution in [0.4, 0.5) is 5.82 Å². The predicted molar refractivity (Wildman–Crippen MR) is 104 cm³/mol. The highest BCUT2D eigenvalue weighted by molar-refractivity contribution is 9.10. The molecule has 3 rings (SSSR count). The number of benzene rings is 2. The van der Waals surface area contributed by atoms with E-state index in [2.05, 4.69) is 57.5 Å². The van der Waals surface area contributed by atoms with Crippen LogP contribution in [0.1, 0.15) is 23.6 Å². The molecule has 2 aromatic carbocycles. The second-order valence-electron chi connectivity index (χ2n) is 5.90. The summed E-state index contributed by atoms with van der Waals surface area (Å²) in [4.78, 5) is 12.3. The van der Waals surface area contributed by atoms with E-state index in [-0.39, 0.29) is 5.91 Å². The molecular weight excluding hydrogens is 378 g/mol. The molecule has 1 amide bonds. The van der Waals surface area contributed by atoms with Crippen molar-refractivity contribution in [2.75, 3.05) is 5.32 Å². The third-order valence-corrected chi connectivity index (χ3v) is 4.55. The van der Waals surface area contributed by atoms with Crippen LogP contribution >= 0.6 is 15.9 Å². The van der Waals surface area contributed by atoms with E-state index in [1.165, 1.54) is 5.56 Å². The fourth-order valence-corrected chi connectivity index (χ4v) is 2.86. The zero-order valence-corrected chi connectivity index (χ0v) is 15.7. The van der Waals surface area contributed by atoms with Gasteiger partial charge in [0, 0.05) is 10.5 Å². The summed E-state index contributed by atoms with van der Waals surface area (Å²) >= 11 is 3.40. The third kappa shape index (κ3) is 4.79. The first-order valence-electron chi connectivity index (χ1n) is 8.28. The summed E-state index contributed by atoms with van der Waals surface area (Å²) in [6.45, 7) is 2.77. The average molecular weight is 398 g/mol. The highest BCUT2D eigenvalue weighted by atomic mass is 79.9. The first-order chi connectivity index (χ1) is 12.1. The van der Waals surface area contributed by atoms with E-state index in [4.69, 9.17) is 0 Å². The maximum Gasteiger partial charge on any atom is 0.229 e. The largest absolute Gasteiger partial charge is 0.311 e. The molecule has 25 heavy (non-hydrogen) atoms. The zero-order chi connectivity index (χ0) is 17.6. The van der Waals surface area contributed by atoms with Crippen molar-refractivity contribution in [3.63, 3.8) is 0 Å². The van der Waals surface area contributed by atoms with Gasteiger partial charge >= 0.3 is 0 Å². The quantitative estimate of drug-likeness (QED) is 0.668. The standard InChI is InChI=1S/C20H20BrN3O/c1-2-15-3-5-17(6-4-15)14-24-19(11-12-22-24)23-20(25)13-16-7-9-18(21)10-8-16/h3-12H,2,13-14H2,1H3,(H,23,25). The van der Waals surface area contributed by atoms with Crippen LogP contribution in [0, 0.1) is 0 Å². The Balaban J connectivity index is 1.64. The fourth-order valence-electron chi connectivity index (χ4n) is 2.59. The van der Waals surface area contributed by atoms with Crippen molar-refractivity contribution in [2.45, 2.75) is 26.3 Å². The molecule has 3 aromatic rings. The van der Waals surface area contributed by atoms with Gasteiger partial charge in [-0.1, -0.05) is 59.3 Å². The molecule has 128 valence electrons. The maximum absolute atomic E-state index is 12.3. The second-order valence-corrected chi connectivity index (χ2v) is 6.81. The lowest BCUT2D eigenvalue weighted by atomic mass is 10.1. The van der Waals surface area contributed by atoms with Gasteiger partial charge in [0.15, 0.2) is 0 Å². The molecule has 1 aromatic heterocycles. The number of carbonyl (C=O) groups excluding carboxylic acids is 1. The molecule has 0 aliphatic heterocycles. The molecular formula is C20H20BrN3O. The maximum atomic E-state index is 12.3. The van der Waals surface area contributed by atoms with Gasteiger partial charge in [0.2, 0.25) is 5.91 Å². The van der Waals surface area contributed by atoms with E-state index in [0.717, 1.165) is 22.0 Å². The summed E-state index contributed by atoms with van der Waals surface area (Å²) < 4.78 is 2.81. The predicted octanol–water partition coefficient (Wildman–Crippen LogP) is 4.44. The van der Waals surface area contributed by atoms with E-state index in [1.807, 2.05) is 30.3 Å². The molecule has 0 fully saturated rings. The van der Waals surface area contributed by atoms with E-state index < -0.39 is 0 Å². The van der Waals surface area contributed by atoms with Gasteiger partial charge in [-0.05, 0) is 35.2 Å². The van der Waals surface area contributed by atoms with Gasteiger partial charge in [-0.3, -0.25) is 4.79 Å². The molecule has 1 N–H and O–H groups in total. The minimum atomic E-state index is -0.0506. The summed E-state index contributed by atoms with van der Waals surface area (Å²) in [5.41, 5.74) is 3.44. The molecule has 0 saturated carbocycles. The molecule has 0 radical (unpaired) electrons. The first kappa shape index (κ1) is 17.4. The van der Waals surface area contributed by atoms with E-state index in [1.54, 1.807) is 10.9 Å². The second kappa shape index (κ2) is 8.12. The number of aromatic nitrogens is 2. The fraction of sp³-hybridized carbons (Fsp3) is 0.200. The summed E-state index contributed by atoms with van der Waals surface area (Å²) in [5, 5.41) is 7.27. The smallest absolute Gasteiger partial charge is 0.229 e. The Morgan fingerprint density at radius 3 is 2.32 bits per heavy atom. The van der Waals surface area contributed by atoms with Crippen LogP contribution < -0.4 is 5.32 Å². The number of hydrogen-bond acceptors (Lipinski definition) is 2. The molecule has 0 atom stereocenters. The van der Waals surface area contributed by atoms with Crippen molar-refractivity contribution in [1.82, 2.24) is 9.78 Å². The van der Waals surface area contributed by atoms with Crippen LogP contribution in [0.3, 0.4) is 0 Å². The number of nitrogens with zero attached hydrogens (tertiary/aromatic N) is 2. The molecule has 0 aliphatic rings. The molecule has 0 aliphatic carbocycles. The Labute approximate surface area is 156 Å². The number of nitrogens with one attached hydrogen (secondary N) is 1. The number of rotatable bonds is 6. The molecule has 0 bridgehead atoms. The molecule has 1 heterocycles. The van der Waals surface area contributed by atoms with E-state index >= 15 is 0 Å². The van der Waals surface area contributed by atoms with Gasteiger partial charge in [0.05, 0.1) is 19.2 Å². The molecule has 4 nitrogen and oxygen atoms in total. The van der Waals surface area contributed by atoms with Crippen molar-refractivity contribution in [3.05, 3.63) is 82.0 Å². The van der Waals surface area contributed by atoms with Crippen LogP contribution in [0.2, 0.25) is 0 Å². The number of halogens is 1. The van der Waals surface area contributed by atoms with Crippen LogP contribution in [-0.4, -0.2) is 15.7 Å². The third-order valence-electron chi connectivity index (χ3n) is 4.03. The van der Waals surface area contributed by atoms with Gasteiger partial charge < -0.3 is 5.32 Å². The minimum Gasteiger partial charge on any atom is -0.311 e. The SMILES string of the molecule is CCc1ccc(Cn2nccc2NC(=O)Cc2ccc(Br)cc2)cc1. The van der Waals surface area contributed by atoms with Crippen LogP contribution in [-0.2, 0) is 24.2 Å². The van der Waals surface area contributed by atoms with E-state index in [0.29, 0.717) is 18.8 Å². The van der Waals surface area contributed by atoms with Crippen molar-refractivity contribution >= 4 is 27.7 Å². The van der Waals surface area contributed by atoms with Gasteiger partial charge in [-0.25, -0.2) is 4.68 Å². The van der Waals surface area contributed by atoms with Gasteiger partial charge in [0.1, 0.15) is 5.82 Å². The lowest BCUT2D eigenvalue weighted by Crippen LogP contribution is -2.18. The topological polar surface area (TPSA) is 46.9 Å². The summed E-state index contributed by atoms with van der Waals surface area (Å²) in [6, 6.07) is 18.0. The average Bonchev–Trinajstić information content (AvgIpc) is 3.04. The van der Waals surface area contributed by atoms with Gasteiger partial charge in [0.25, 0.3) is 0 Å². The van der Waals surface area contributed by atoms with Gasteiger partial charge in [-0.15, -0.1) is 0 Å². The van der Waals surface area contributed by atoms with Crippen molar-refractivity contribution in [2.24, 2.45) is 0 Å². The zero-order valence-electron chi connectivity index (χ0n) is 14.1. The number of aryl methyl sites for hydroxylation is 1. The lowest BCUT2D eigenvalue weighted by molar-refractivity contribution is -0.115. The Morgan fingerprint density at radius 2 is 1.64 bits per heavy atom. The number of anilines is 1. The van der Waals surface area contributed by atoms with Crippen molar-refractivity contribution in [3.8, 4) is 0 Å². The summed E-state index contributed by atoms with van der Waals surface area (Å²) in [6.07, 6.45) is 3.07. The van der Waals surface area contributed by atoms with Crippen molar-refractivity contribution < 1.29 is 4.79 Å².